The van der Waals surface area contributed by atoms with Crippen molar-refractivity contribution >= 4 is 34.3 Å². The summed E-state index contributed by atoms with van der Waals surface area (Å²) < 4.78 is 12.8. The van der Waals surface area contributed by atoms with Gasteiger partial charge in [0.1, 0.15) is 17.8 Å². The van der Waals surface area contributed by atoms with Gasteiger partial charge in [0.25, 0.3) is 0 Å². The van der Waals surface area contributed by atoms with Crippen LogP contribution in [-0.4, -0.2) is 52.5 Å². The van der Waals surface area contributed by atoms with Crippen LogP contribution in [0.5, 0.6) is 0 Å². The third kappa shape index (κ3) is 2.98. The Bertz CT molecular complexity index is 1050. The number of rotatable bonds is 3. The molecule has 192 valence electrons. The van der Waals surface area contributed by atoms with Crippen LogP contribution in [0.4, 0.5) is 0 Å². The number of esters is 1. The third-order valence-electron chi connectivity index (χ3n) is 11.6. The molecule has 1 unspecified atom stereocenters. The summed E-state index contributed by atoms with van der Waals surface area (Å²) in [6.45, 7) is 8.43. The van der Waals surface area contributed by atoms with Crippen LogP contribution in [0.2, 0.25) is 0 Å². The normalized spacial score (nSPS) is 51.5. The molecule has 0 amide bonds. The lowest BCUT2D eigenvalue weighted by molar-refractivity contribution is -0.155. The van der Waals surface area contributed by atoms with Gasteiger partial charge in [-0.15, -0.1) is 0 Å². The highest BCUT2D eigenvalue weighted by molar-refractivity contribution is 14.1. The summed E-state index contributed by atoms with van der Waals surface area (Å²) in [5.41, 5.74) is 0.0904. The average molecular weight is 597 g/mol. The zero-order chi connectivity index (χ0) is 25.1. The van der Waals surface area contributed by atoms with E-state index in [0.29, 0.717) is 33.3 Å². The number of epoxide rings is 1. The monoisotopic (exact) mass is 596 g/mol. The minimum Gasteiger partial charge on any atom is -0.458 e. The molecule has 0 aromatic heterocycles. The summed E-state index contributed by atoms with van der Waals surface area (Å²) >= 11 is 2.10. The first-order chi connectivity index (χ1) is 16.5. The minimum absolute atomic E-state index is 0.0451. The van der Waals surface area contributed by atoms with Crippen LogP contribution in [0.15, 0.2) is 20.8 Å². The van der Waals surface area contributed by atoms with E-state index in [1.165, 1.54) is 0 Å². The van der Waals surface area contributed by atoms with E-state index in [-0.39, 0.29) is 47.8 Å². The Morgan fingerprint density at radius 1 is 1.20 bits per heavy atom. The first-order valence-corrected chi connectivity index (χ1v) is 14.4. The Kier molecular flexibility index (Phi) is 5.52. The number of fused-ring (bicyclic) bond motifs is 4. The molecule has 2 N–H and O–H groups in total. The zero-order valence-corrected chi connectivity index (χ0v) is 23.2. The number of cyclic esters (lactones) is 1. The molecule has 1 spiro atoms. The number of halogens is 1. The minimum atomic E-state index is -0.733. The van der Waals surface area contributed by atoms with Gasteiger partial charge in [-0.3, -0.25) is 4.79 Å². The van der Waals surface area contributed by atoms with Crippen LogP contribution in [-0.2, 0) is 19.1 Å². The summed E-state index contributed by atoms with van der Waals surface area (Å²) in [7, 11) is 0. The summed E-state index contributed by atoms with van der Waals surface area (Å²) in [5.74, 6) is 1.61. The topological polar surface area (TPSA) is 96.4 Å². The average Bonchev–Trinajstić information content (AvgIpc) is 3.45. The van der Waals surface area contributed by atoms with Gasteiger partial charge in [0.2, 0.25) is 0 Å². The smallest absolute Gasteiger partial charge is 0.336 e. The Morgan fingerprint density at radius 3 is 2.63 bits per heavy atom. The van der Waals surface area contributed by atoms with Gasteiger partial charge in [-0.25, -0.2) is 4.79 Å². The molecule has 0 bridgehead atoms. The molecule has 35 heavy (non-hydrogen) atoms. The number of hydrogen-bond acceptors (Lipinski definition) is 6. The number of Topliss-reactive ketones (excluding diaryl/α,β-unsaturated/α-hetero) is 1. The van der Waals surface area contributed by atoms with Gasteiger partial charge < -0.3 is 19.7 Å². The van der Waals surface area contributed by atoms with Crippen LogP contribution in [0.1, 0.15) is 66.2 Å². The molecule has 0 aromatic rings. The van der Waals surface area contributed by atoms with E-state index in [9.17, 15) is 19.8 Å². The molecule has 11 atom stereocenters. The fourth-order valence-electron chi connectivity index (χ4n) is 9.76. The number of allylic oxidation sites excluding steroid dienone is 1. The molecule has 6 rings (SSSR count). The van der Waals surface area contributed by atoms with Crippen LogP contribution in [0.25, 0.3) is 0 Å². The zero-order valence-electron chi connectivity index (χ0n) is 21.1. The van der Waals surface area contributed by atoms with Crippen LogP contribution in [0, 0.1) is 40.4 Å². The second-order valence-corrected chi connectivity index (χ2v) is 13.8. The fourth-order valence-corrected chi connectivity index (χ4v) is 10.7. The Hall–Kier alpha value is -0.770. The maximum absolute atomic E-state index is 13.6. The molecule has 2 heterocycles. The maximum atomic E-state index is 13.6. The van der Waals surface area contributed by atoms with Crippen molar-refractivity contribution in [2.75, 3.05) is 6.61 Å². The van der Waals surface area contributed by atoms with Crippen molar-refractivity contribution in [3.8, 4) is 0 Å². The van der Waals surface area contributed by atoms with Crippen molar-refractivity contribution in [1.82, 2.24) is 0 Å². The quantitative estimate of drug-likeness (QED) is 0.289. The van der Waals surface area contributed by atoms with Gasteiger partial charge in [-0.05, 0) is 110 Å². The molecule has 7 heteroatoms. The molecular weight excluding hydrogens is 559 g/mol. The molecule has 0 aromatic carbocycles. The largest absolute Gasteiger partial charge is 0.458 e. The van der Waals surface area contributed by atoms with E-state index in [1.807, 2.05) is 6.92 Å². The van der Waals surface area contributed by atoms with Gasteiger partial charge >= 0.3 is 5.97 Å². The van der Waals surface area contributed by atoms with Crippen molar-refractivity contribution < 1.29 is 29.3 Å². The first-order valence-electron chi connectivity index (χ1n) is 13.3. The number of carbonyl (C=O) groups excluding carboxylic acids is 2. The van der Waals surface area contributed by atoms with Gasteiger partial charge in [0, 0.05) is 6.42 Å². The number of hydrogen-bond donors (Lipinski definition) is 2. The molecule has 2 aliphatic heterocycles. The summed E-state index contributed by atoms with van der Waals surface area (Å²) in [5, 5.41) is 20.5. The van der Waals surface area contributed by atoms with Crippen molar-refractivity contribution in [2.24, 2.45) is 40.4 Å². The first kappa shape index (κ1) is 24.6. The van der Waals surface area contributed by atoms with E-state index in [2.05, 4.69) is 43.4 Å². The Balaban J connectivity index is 1.28. The standard InChI is InChI=1S/C28H37IO6/c1-13-9-21(34-25(33)16(13)12-30)14(2)17-5-6-18-15-10-23-28(35-23)22(31)11-20(29)24(32)27(28,4)19(15)7-8-26(17,18)3/h11,14-15,17-19,21-23,30-31H,5-10,12H2,1-4H3/t14-,15-,17+,18-,19-,21?,22-,23+,26+,27-,28+/m0/s1. The second-order valence-electron chi connectivity index (χ2n) is 12.7. The molecule has 4 aliphatic carbocycles. The summed E-state index contributed by atoms with van der Waals surface area (Å²) in [6, 6.07) is 0. The van der Waals surface area contributed by atoms with Crippen LogP contribution in [0.3, 0.4) is 0 Å². The highest BCUT2D eigenvalue weighted by Gasteiger charge is 2.80. The Morgan fingerprint density at radius 2 is 1.94 bits per heavy atom. The van der Waals surface area contributed by atoms with E-state index in [1.54, 1.807) is 6.08 Å². The van der Waals surface area contributed by atoms with Gasteiger partial charge in [0.15, 0.2) is 5.78 Å². The van der Waals surface area contributed by atoms with Crippen molar-refractivity contribution in [1.29, 1.82) is 0 Å². The van der Waals surface area contributed by atoms with Crippen LogP contribution < -0.4 is 0 Å². The van der Waals surface area contributed by atoms with Crippen molar-refractivity contribution in [2.45, 2.75) is 90.1 Å². The van der Waals surface area contributed by atoms with Gasteiger partial charge in [-0.2, -0.15) is 0 Å². The summed E-state index contributed by atoms with van der Waals surface area (Å²) in [4.78, 5) is 26.1. The van der Waals surface area contributed by atoms with Gasteiger partial charge in [-0.1, -0.05) is 19.4 Å². The number of aliphatic hydroxyl groups is 2. The second kappa shape index (κ2) is 7.87. The number of carbonyl (C=O) groups is 2. The fraction of sp³-hybridized carbons (Fsp3) is 0.786. The van der Waals surface area contributed by atoms with Crippen molar-refractivity contribution in [3.05, 3.63) is 20.8 Å². The highest BCUT2D eigenvalue weighted by Crippen LogP contribution is 2.73. The Labute approximate surface area is 221 Å². The van der Waals surface area contributed by atoms with Gasteiger partial charge in [0.05, 0.1) is 27.3 Å². The number of ketones is 1. The van der Waals surface area contributed by atoms with Crippen molar-refractivity contribution in [3.63, 3.8) is 0 Å². The number of ether oxygens (including phenoxy) is 2. The molecular formula is C28H37IO6. The van der Waals surface area contributed by atoms with E-state index in [4.69, 9.17) is 9.47 Å². The molecule has 6 aliphatic rings. The molecule has 0 radical (unpaired) electrons. The summed E-state index contributed by atoms with van der Waals surface area (Å²) in [6.07, 6.45) is 6.67. The lowest BCUT2D eigenvalue weighted by Gasteiger charge is -2.58. The van der Waals surface area contributed by atoms with E-state index < -0.39 is 17.1 Å². The van der Waals surface area contributed by atoms with Crippen LogP contribution >= 0.6 is 22.6 Å². The predicted octanol–water partition coefficient (Wildman–Crippen LogP) is 4.12. The van der Waals surface area contributed by atoms with E-state index in [0.717, 1.165) is 37.7 Å². The lowest BCUT2D eigenvalue weighted by atomic mass is 9.44. The highest BCUT2D eigenvalue weighted by atomic mass is 127. The van der Waals surface area contributed by atoms with E-state index >= 15 is 0 Å². The SMILES string of the molecule is CC1=C(CO)C(=O)OC([C@@H](C)[C@H]2CC[C@H]3[C@@H]4C[C@H]5O[C@]56[C@@H](O)C=C(I)C(=O)[C@]6(C)[C@H]4CC[C@]23C)C1. The predicted molar refractivity (Wildman–Crippen MR) is 137 cm³/mol. The molecule has 1 saturated heterocycles. The lowest BCUT2D eigenvalue weighted by Crippen LogP contribution is -2.64. The molecule has 4 fully saturated rings. The number of aliphatic hydroxyl groups excluding tert-OH is 2. The molecule has 6 nitrogen and oxygen atoms in total. The molecule has 3 saturated carbocycles. The third-order valence-corrected chi connectivity index (χ3v) is 12.5. The maximum Gasteiger partial charge on any atom is 0.336 e.